The predicted octanol–water partition coefficient (Wildman–Crippen LogP) is 3.10. The molecule has 108 valence electrons. The summed E-state index contributed by atoms with van der Waals surface area (Å²) in [7, 11) is 6.24. The maximum Gasteiger partial charge on any atom is 0.0738 e. The zero-order valence-electron chi connectivity index (χ0n) is 12.2. The van der Waals surface area contributed by atoms with Gasteiger partial charge in [-0.05, 0) is 51.3 Å². The van der Waals surface area contributed by atoms with E-state index in [1.54, 1.807) is 6.20 Å². The van der Waals surface area contributed by atoms with Gasteiger partial charge in [0.2, 0.25) is 0 Å². The second-order valence-corrected chi connectivity index (χ2v) is 5.65. The van der Waals surface area contributed by atoms with Gasteiger partial charge in [-0.15, -0.1) is 0 Å². The molecule has 1 N–H and O–H groups in total. The van der Waals surface area contributed by atoms with Gasteiger partial charge < -0.3 is 10.3 Å². The van der Waals surface area contributed by atoms with Gasteiger partial charge in [-0.2, -0.15) is 0 Å². The van der Waals surface area contributed by atoms with Gasteiger partial charge in [0.05, 0.1) is 11.2 Å². The Morgan fingerprint density at radius 3 is 2.70 bits per heavy atom. The van der Waals surface area contributed by atoms with Crippen molar-refractivity contribution in [3.8, 4) is 0 Å². The third kappa shape index (κ3) is 4.07. The highest BCUT2D eigenvalue weighted by Crippen LogP contribution is 2.24. The lowest BCUT2D eigenvalue weighted by Gasteiger charge is -2.21. The highest BCUT2D eigenvalue weighted by molar-refractivity contribution is 6.31. The van der Waals surface area contributed by atoms with Gasteiger partial charge in [-0.25, -0.2) is 5.01 Å². The number of anilines is 1. The van der Waals surface area contributed by atoms with E-state index in [0.29, 0.717) is 5.02 Å². The number of nitrogens with zero attached hydrogens (tertiary/aromatic N) is 3. The van der Waals surface area contributed by atoms with E-state index in [-0.39, 0.29) is 0 Å². The van der Waals surface area contributed by atoms with Crippen LogP contribution in [0.25, 0.3) is 10.9 Å². The molecule has 0 radical (unpaired) electrons. The van der Waals surface area contributed by atoms with Gasteiger partial charge in [-0.1, -0.05) is 11.6 Å². The van der Waals surface area contributed by atoms with Crippen LogP contribution in [-0.4, -0.2) is 49.1 Å². The average molecular weight is 293 g/mol. The summed E-state index contributed by atoms with van der Waals surface area (Å²) < 4.78 is 0. The molecule has 0 saturated heterocycles. The fourth-order valence-corrected chi connectivity index (χ4v) is 2.27. The number of pyridine rings is 1. The summed E-state index contributed by atoms with van der Waals surface area (Å²) in [5.41, 5.74) is 5.37. The first-order valence-electron chi connectivity index (χ1n) is 6.73. The van der Waals surface area contributed by atoms with Crippen molar-refractivity contribution in [1.29, 1.82) is 0 Å². The summed E-state index contributed by atoms with van der Waals surface area (Å²) >= 11 is 6.00. The predicted molar refractivity (Wildman–Crippen MR) is 86.2 cm³/mol. The molecule has 1 aromatic heterocycles. The Bertz CT molecular complexity index is 571. The van der Waals surface area contributed by atoms with Crippen molar-refractivity contribution in [3.63, 3.8) is 0 Å². The number of hydrazine groups is 1. The fourth-order valence-electron chi connectivity index (χ4n) is 2.10. The van der Waals surface area contributed by atoms with Gasteiger partial charge in [0, 0.05) is 30.2 Å². The third-order valence-electron chi connectivity index (χ3n) is 3.11. The van der Waals surface area contributed by atoms with Crippen LogP contribution < -0.4 is 5.43 Å². The van der Waals surface area contributed by atoms with Crippen molar-refractivity contribution in [2.24, 2.45) is 0 Å². The topological polar surface area (TPSA) is 31.4 Å². The van der Waals surface area contributed by atoms with Crippen molar-refractivity contribution in [2.45, 2.75) is 6.42 Å². The first kappa shape index (κ1) is 15.0. The van der Waals surface area contributed by atoms with Crippen LogP contribution in [0.4, 0.5) is 5.69 Å². The van der Waals surface area contributed by atoms with Gasteiger partial charge >= 0.3 is 0 Å². The first-order valence-corrected chi connectivity index (χ1v) is 7.11. The molecular formula is C15H21ClN4. The van der Waals surface area contributed by atoms with Crippen LogP contribution in [0.15, 0.2) is 30.5 Å². The standard InChI is InChI=1S/C15H21ClN4/c1-19(2)9-4-10-20(3)18-14-7-8-17-15-11-12(16)5-6-13(14)15/h5-8,11H,4,9-10H2,1-3H3,(H,17,18). The van der Waals surface area contributed by atoms with E-state index in [1.165, 1.54) is 0 Å². The van der Waals surface area contributed by atoms with E-state index in [1.807, 2.05) is 24.3 Å². The first-order chi connectivity index (χ1) is 9.56. The van der Waals surface area contributed by atoms with Crippen molar-refractivity contribution < 1.29 is 0 Å². The molecule has 1 heterocycles. The Kier molecular flexibility index (Phi) is 5.17. The smallest absolute Gasteiger partial charge is 0.0738 e. The highest BCUT2D eigenvalue weighted by atomic mass is 35.5. The molecule has 0 atom stereocenters. The van der Waals surface area contributed by atoms with E-state index in [0.717, 1.165) is 36.1 Å². The summed E-state index contributed by atoms with van der Waals surface area (Å²) in [6, 6.07) is 7.76. The number of aromatic nitrogens is 1. The van der Waals surface area contributed by atoms with E-state index >= 15 is 0 Å². The van der Waals surface area contributed by atoms with Crippen LogP contribution >= 0.6 is 11.6 Å². The van der Waals surface area contributed by atoms with Crippen molar-refractivity contribution in [3.05, 3.63) is 35.5 Å². The Hall–Kier alpha value is -1.36. The molecular weight excluding hydrogens is 272 g/mol. The van der Waals surface area contributed by atoms with Crippen LogP contribution in [0.2, 0.25) is 5.02 Å². The van der Waals surface area contributed by atoms with Crippen LogP contribution in [0.5, 0.6) is 0 Å². The minimum Gasteiger partial charge on any atom is -0.318 e. The van der Waals surface area contributed by atoms with Gasteiger partial charge in [0.15, 0.2) is 0 Å². The molecule has 0 spiro atoms. The molecule has 2 aromatic rings. The highest BCUT2D eigenvalue weighted by Gasteiger charge is 2.05. The number of halogens is 1. The second kappa shape index (κ2) is 6.88. The van der Waals surface area contributed by atoms with Crippen LogP contribution in [0.3, 0.4) is 0 Å². The molecule has 0 amide bonds. The number of rotatable bonds is 6. The molecule has 0 bridgehead atoms. The molecule has 0 aliphatic carbocycles. The number of fused-ring (bicyclic) bond motifs is 1. The molecule has 0 aliphatic rings. The maximum absolute atomic E-state index is 6.00. The van der Waals surface area contributed by atoms with E-state index < -0.39 is 0 Å². The van der Waals surface area contributed by atoms with E-state index in [4.69, 9.17) is 11.6 Å². The summed E-state index contributed by atoms with van der Waals surface area (Å²) in [5.74, 6) is 0. The summed E-state index contributed by atoms with van der Waals surface area (Å²) in [4.78, 5) is 6.54. The molecule has 0 unspecified atom stereocenters. The largest absolute Gasteiger partial charge is 0.318 e. The minimum atomic E-state index is 0.710. The Morgan fingerprint density at radius 2 is 1.95 bits per heavy atom. The molecule has 5 heteroatoms. The number of benzene rings is 1. The summed E-state index contributed by atoms with van der Waals surface area (Å²) in [6.45, 7) is 2.06. The molecule has 0 aliphatic heterocycles. The molecule has 1 aromatic carbocycles. The SMILES string of the molecule is CN(C)CCCN(C)Nc1ccnc2cc(Cl)ccc12. The number of hydrogen-bond acceptors (Lipinski definition) is 4. The lowest BCUT2D eigenvalue weighted by molar-refractivity contribution is 0.338. The Balaban J connectivity index is 2.05. The van der Waals surface area contributed by atoms with Crippen molar-refractivity contribution in [1.82, 2.24) is 14.9 Å². The van der Waals surface area contributed by atoms with Crippen LogP contribution in [-0.2, 0) is 0 Å². The van der Waals surface area contributed by atoms with Crippen LogP contribution in [0.1, 0.15) is 6.42 Å². The zero-order chi connectivity index (χ0) is 14.5. The van der Waals surface area contributed by atoms with Gasteiger partial charge in [0.25, 0.3) is 0 Å². The van der Waals surface area contributed by atoms with Crippen molar-refractivity contribution >= 4 is 28.2 Å². The van der Waals surface area contributed by atoms with Crippen LogP contribution in [0, 0.1) is 0 Å². The lowest BCUT2D eigenvalue weighted by atomic mass is 10.2. The Morgan fingerprint density at radius 1 is 1.15 bits per heavy atom. The van der Waals surface area contributed by atoms with Gasteiger partial charge in [-0.3, -0.25) is 4.98 Å². The molecule has 4 nitrogen and oxygen atoms in total. The number of hydrogen-bond donors (Lipinski definition) is 1. The maximum atomic E-state index is 6.00. The van der Waals surface area contributed by atoms with Crippen molar-refractivity contribution in [2.75, 3.05) is 39.7 Å². The van der Waals surface area contributed by atoms with E-state index in [9.17, 15) is 0 Å². The summed E-state index contributed by atoms with van der Waals surface area (Å²) in [5, 5.41) is 3.89. The monoisotopic (exact) mass is 292 g/mol. The second-order valence-electron chi connectivity index (χ2n) is 5.21. The average Bonchev–Trinajstić information content (AvgIpc) is 2.38. The lowest BCUT2D eigenvalue weighted by Crippen LogP contribution is -2.28. The fraction of sp³-hybridized carbons (Fsp3) is 0.400. The molecule has 0 fully saturated rings. The van der Waals surface area contributed by atoms with E-state index in [2.05, 4.69) is 41.5 Å². The molecule has 0 saturated carbocycles. The molecule has 20 heavy (non-hydrogen) atoms. The minimum absolute atomic E-state index is 0.710. The normalized spacial score (nSPS) is 11.5. The molecule has 2 rings (SSSR count). The van der Waals surface area contributed by atoms with Gasteiger partial charge in [0.1, 0.15) is 0 Å². The number of nitrogens with one attached hydrogen (secondary N) is 1. The third-order valence-corrected chi connectivity index (χ3v) is 3.35. The zero-order valence-corrected chi connectivity index (χ0v) is 13.0. The summed E-state index contributed by atoms with van der Waals surface area (Å²) in [6.07, 6.45) is 2.92. The Labute approximate surface area is 125 Å². The quantitative estimate of drug-likeness (QED) is 0.829.